The fraction of sp³-hybridized carbons (Fsp3) is 0.727. The van der Waals surface area contributed by atoms with Gasteiger partial charge in [-0.3, -0.25) is 0 Å². The Kier molecular flexibility index (Phi) is 2.35. The molecule has 1 saturated carbocycles. The van der Waals surface area contributed by atoms with E-state index >= 15 is 0 Å². The number of H-pyrrole nitrogens is 1. The first kappa shape index (κ1) is 9.71. The van der Waals surface area contributed by atoms with Crippen molar-refractivity contribution in [3.63, 3.8) is 0 Å². The Morgan fingerprint density at radius 2 is 2.07 bits per heavy atom. The van der Waals surface area contributed by atoms with E-state index in [1.807, 2.05) is 6.20 Å². The molecule has 0 radical (unpaired) electrons. The zero-order valence-corrected chi connectivity index (χ0v) is 8.96. The third-order valence-corrected chi connectivity index (χ3v) is 3.81. The Hall–Kier alpha value is -0.830. The summed E-state index contributed by atoms with van der Waals surface area (Å²) in [6.45, 7) is 4.47. The minimum absolute atomic E-state index is 0.248. The summed E-state index contributed by atoms with van der Waals surface area (Å²) in [5, 5.41) is 0. The van der Waals surface area contributed by atoms with Crippen LogP contribution in [0.3, 0.4) is 0 Å². The van der Waals surface area contributed by atoms with Crippen LogP contribution in [-0.2, 0) is 5.54 Å². The van der Waals surface area contributed by atoms with Crippen LogP contribution >= 0.6 is 0 Å². The SMILES string of the molecule is C[C@@H]1CCC[C@@H](C)C1(N)c1ncc[nH]1. The molecule has 1 aliphatic carbocycles. The summed E-state index contributed by atoms with van der Waals surface area (Å²) < 4.78 is 0. The van der Waals surface area contributed by atoms with E-state index in [1.165, 1.54) is 19.3 Å². The van der Waals surface area contributed by atoms with Crippen LogP contribution in [0.15, 0.2) is 12.4 Å². The molecule has 1 fully saturated rings. The molecule has 78 valence electrons. The second-order valence-corrected chi connectivity index (χ2v) is 4.60. The van der Waals surface area contributed by atoms with E-state index in [4.69, 9.17) is 5.73 Å². The molecule has 0 spiro atoms. The maximum atomic E-state index is 6.52. The summed E-state index contributed by atoms with van der Waals surface area (Å²) in [5.41, 5.74) is 6.27. The molecule has 3 heteroatoms. The number of rotatable bonds is 1. The van der Waals surface area contributed by atoms with Crippen molar-refractivity contribution in [2.24, 2.45) is 17.6 Å². The first-order valence-corrected chi connectivity index (χ1v) is 5.44. The number of nitrogens with two attached hydrogens (primary N) is 1. The number of imidazole rings is 1. The summed E-state index contributed by atoms with van der Waals surface area (Å²) in [7, 11) is 0. The fourth-order valence-corrected chi connectivity index (χ4v) is 2.66. The lowest BCUT2D eigenvalue weighted by Gasteiger charge is -2.43. The van der Waals surface area contributed by atoms with Crippen LogP contribution in [0.4, 0.5) is 0 Å². The van der Waals surface area contributed by atoms with Crippen LogP contribution in [0.1, 0.15) is 38.9 Å². The van der Waals surface area contributed by atoms with Crippen molar-refractivity contribution < 1.29 is 0 Å². The number of hydrogen-bond donors (Lipinski definition) is 2. The molecular weight excluding hydrogens is 174 g/mol. The highest BCUT2D eigenvalue weighted by Gasteiger charge is 2.43. The van der Waals surface area contributed by atoms with E-state index in [1.54, 1.807) is 6.20 Å². The Morgan fingerprint density at radius 1 is 1.43 bits per heavy atom. The maximum absolute atomic E-state index is 6.52. The van der Waals surface area contributed by atoms with Gasteiger partial charge in [-0.2, -0.15) is 0 Å². The van der Waals surface area contributed by atoms with Gasteiger partial charge in [-0.25, -0.2) is 4.98 Å². The van der Waals surface area contributed by atoms with Crippen LogP contribution < -0.4 is 5.73 Å². The van der Waals surface area contributed by atoms with Crippen molar-refractivity contribution in [3.8, 4) is 0 Å². The highest BCUT2D eigenvalue weighted by atomic mass is 15.0. The van der Waals surface area contributed by atoms with Gasteiger partial charge in [0, 0.05) is 12.4 Å². The zero-order chi connectivity index (χ0) is 10.2. The Labute approximate surface area is 85.1 Å². The van der Waals surface area contributed by atoms with Gasteiger partial charge >= 0.3 is 0 Å². The van der Waals surface area contributed by atoms with E-state index in [2.05, 4.69) is 23.8 Å². The molecule has 3 N–H and O–H groups in total. The summed E-state index contributed by atoms with van der Waals surface area (Å²) in [5.74, 6) is 1.98. The lowest BCUT2D eigenvalue weighted by Crippen LogP contribution is -2.51. The molecule has 0 aromatic carbocycles. The summed E-state index contributed by atoms with van der Waals surface area (Å²) >= 11 is 0. The van der Waals surface area contributed by atoms with Crippen LogP contribution in [0, 0.1) is 11.8 Å². The molecule has 1 heterocycles. The van der Waals surface area contributed by atoms with Gasteiger partial charge in [-0.1, -0.05) is 20.3 Å². The van der Waals surface area contributed by atoms with E-state index in [0.29, 0.717) is 11.8 Å². The highest BCUT2D eigenvalue weighted by molar-refractivity contribution is 5.11. The molecule has 0 unspecified atom stereocenters. The van der Waals surface area contributed by atoms with Crippen molar-refractivity contribution in [3.05, 3.63) is 18.2 Å². The summed E-state index contributed by atoms with van der Waals surface area (Å²) in [6, 6.07) is 0. The molecule has 14 heavy (non-hydrogen) atoms. The maximum Gasteiger partial charge on any atom is 0.126 e. The quantitative estimate of drug-likeness (QED) is 0.717. The molecule has 0 aliphatic heterocycles. The van der Waals surface area contributed by atoms with Crippen molar-refractivity contribution in [2.75, 3.05) is 0 Å². The van der Waals surface area contributed by atoms with Crippen molar-refractivity contribution >= 4 is 0 Å². The monoisotopic (exact) mass is 193 g/mol. The van der Waals surface area contributed by atoms with Crippen LogP contribution in [0.25, 0.3) is 0 Å². The largest absolute Gasteiger partial charge is 0.347 e. The number of nitrogens with one attached hydrogen (secondary N) is 1. The lowest BCUT2D eigenvalue weighted by molar-refractivity contribution is 0.125. The van der Waals surface area contributed by atoms with Crippen LogP contribution in [0.2, 0.25) is 0 Å². The van der Waals surface area contributed by atoms with Gasteiger partial charge in [-0.15, -0.1) is 0 Å². The minimum Gasteiger partial charge on any atom is -0.347 e. The molecule has 2 rings (SSSR count). The predicted octanol–water partition coefficient (Wildman–Crippen LogP) is 2.02. The number of aromatic nitrogens is 2. The molecule has 1 aliphatic rings. The molecular formula is C11H19N3. The second-order valence-electron chi connectivity index (χ2n) is 4.60. The number of hydrogen-bond acceptors (Lipinski definition) is 2. The van der Waals surface area contributed by atoms with Gasteiger partial charge in [0.15, 0.2) is 0 Å². The normalized spacial score (nSPS) is 31.6. The van der Waals surface area contributed by atoms with Crippen LogP contribution in [0.5, 0.6) is 0 Å². The van der Waals surface area contributed by atoms with Crippen molar-refractivity contribution in [2.45, 2.75) is 38.6 Å². The zero-order valence-electron chi connectivity index (χ0n) is 8.96. The molecule has 1 aromatic rings. The van der Waals surface area contributed by atoms with E-state index < -0.39 is 0 Å². The van der Waals surface area contributed by atoms with Gasteiger partial charge in [0.1, 0.15) is 5.82 Å². The van der Waals surface area contributed by atoms with Gasteiger partial charge in [0.25, 0.3) is 0 Å². The van der Waals surface area contributed by atoms with Gasteiger partial charge in [0.2, 0.25) is 0 Å². The van der Waals surface area contributed by atoms with E-state index in [-0.39, 0.29) is 5.54 Å². The first-order valence-electron chi connectivity index (χ1n) is 5.44. The molecule has 1 aromatic heterocycles. The average Bonchev–Trinajstić information content (AvgIpc) is 2.67. The predicted molar refractivity (Wildman–Crippen MR) is 56.6 cm³/mol. The molecule has 2 atom stereocenters. The third-order valence-electron chi connectivity index (χ3n) is 3.81. The molecule has 0 bridgehead atoms. The van der Waals surface area contributed by atoms with Gasteiger partial charge in [0.05, 0.1) is 5.54 Å². The number of aromatic amines is 1. The fourth-order valence-electron chi connectivity index (χ4n) is 2.66. The third kappa shape index (κ3) is 1.27. The topological polar surface area (TPSA) is 54.7 Å². The summed E-state index contributed by atoms with van der Waals surface area (Å²) in [6.07, 6.45) is 7.36. The highest BCUT2D eigenvalue weighted by Crippen LogP contribution is 2.41. The van der Waals surface area contributed by atoms with E-state index in [0.717, 1.165) is 5.82 Å². The van der Waals surface area contributed by atoms with E-state index in [9.17, 15) is 0 Å². The minimum atomic E-state index is -0.248. The average molecular weight is 193 g/mol. The molecule has 0 amide bonds. The Morgan fingerprint density at radius 3 is 2.57 bits per heavy atom. The van der Waals surface area contributed by atoms with Crippen LogP contribution in [-0.4, -0.2) is 9.97 Å². The summed E-state index contributed by atoms with van der Waals surface area (Å²) in [4.78, 5) is 7.50. The van der Waals surface area contributed by atoms with Crippen molar-refractivity contribution in [1.82, 2.24) is 9.97 Å². The van der Waals surface area contributed by atoms with Gasteiger partial charge in [-0.05, 0) is 24.7 Å². The second kappa shape index (κ2) is 3.39. The van der Waals surface area contributed by atoms with Gasteiger partial charge < -0.3 is 10.7 Å². The Balaban J connectivity index is 2.35. The van der Waals surface area contributed by atoms with Crippen molar-refractivity contribution in [1.29, 1.82) is 0 Å². The smallest absolute Gasteiger partial charge is 0.126 e. The molecule has 0 saturated heterocycles. The molecule has 3 nitrogen and oxygen atoms in total. The number of nitrogens with zero attached hydrogens (tertiary/aromatic N) is 1. The first-order chi connectivity index (χ1) is 6.65. The Bertz CT molecular complexity index is 281. The standard InChI is InChI=1S/C11H19N3/c1-8-4-3-5-9(2)11(8,12)10-13-6-7-14-10/h6-9H,3-5,12H2,1-2H3,(H,13,14)/t8-,9-/m1/s1. The lowest BCUT2D eigenvalue weighted by atomic mass is 9.67.